The molecule has 0 aliphatic heterocycles. The quantitative estimate of drug-likeness (QED) is 0.757. The van der Waals surface area contributed by atoms with Gasteiger partial charge in [0.2, 0.25) is 0 Å². The highest BCUT2D eigenvalue weighted by molar-refractivity contribution is 6.02. The third-order valence-electron chi connectivity index (χ3n) is 3.19. The zero-order valence-electron chi connectivity index (χ0n) is 11.4. The maximum Gasteiger partial charge on any atom is 0.105 e. The van der Waals surface area contributed by atoms with Gasteiger partial charge in [0.1, 0.15) is 5.57 Å². The largest absolute Gasteiger partial charge is 0.769 e. The van der Waals surface area contributed by atoms with E-state index in [1.807, 2.05) is 0 Å². The Morgan fingerprint density at radius 1 is 0.762 bits per heavy atom. The van der Waals surface area contributed by atoms with Crippen LogP contribution in [0.4, 0.5) is 0 Å². The molecule has 0 heterocycles. The van der Waals surface area contributed by atoms with Gasteiger partial charge < -0.3 is 4.66 Å². The third-order valence-corrected chi connectivity index (χ3v) is 3.19. The second kappa shape index (κ2) is 8.15. The summed E-state index contributed by atoms with van der Waals surface area (Å²) in [5.74, 6) is 0. The number of halogens is 1. The van der Waals surface area contributed by atoms with Crippen LogP contribution < -0.4 is 4.66 Å². The van der Waals surface area contributed by atoms with E-state index in [1.165, 1.54) is 22.3 Å². The van der Waals surface area contributed by atoms with Crippen molar-refractivity contribution < 1.29 is 4.66 Å². The Morgan fingerprint density at radius 2 is 1.29 bits per heavy atom. The molecule has 0 radical (unpaired) electrons. The second-order valence-electron chi connectivity index (χ2n) is 4.47. The maximum atomic E-state index is 7.72. The van der Waals surface area contributed by atoms with E-state index < -0.39 is 0 Å². The SMILES string of the molecule is C1=C[CH+]C(=C(c2ccccc2)c2ccccc2)C=C1.[O-]Cl. The summed E-state index contributed by atoms with van der Waals surface area (Å²) in [5, 5.41) is 0. The molecule has 0 saturated carbocycles. The minimum atomic E-state index is 1.25. The van der Waals surface area contributed by atoms with E-state index in [0.29, 0.717) is 0 Å². The first-order valence-corrected chi connectivity index (χ1v) is 6.94. The van der Waals surface area contributed by atoms with E-state index in [2.05, 4.69) is 103 Å². The molecular weight excluding hydrogens is 280 g/mol. The van der Waals surface area contributed by atoms with Crippen LogP contribution in [0.1, 0.15) is 11.1 Å². The van der Waals surface area contributed by atoms with Crippen LogP contribution in [0.2, 0.25) is 0 Å². The highest BCUT2D eigenvalue weighted by Gasteiger charge is 2.16. The Kier molecular flexibility index (Phi) is 5.89. The predicted octanol–water partition coefficient (Wildman–Crippen LogP) is 4.32. The Hall–Kier alpha value is -2.22. The molecule has 0 saturated heterocycles. The van der Waals surface area contributed by atoms with Crippen LogP contribution in [0.15, 0.2) is 90.5 Å². The van der Waals surface area contributed by atoms with Crippen molar-refractivity contribution in [2.24, 2.45) is 0 Å². The number of hydrogen-bond donors (Lipinski definition) is 0. The number of allylic oxidation sites excluding steroid dienone is 5. The maximum absolute atomic E-state index is 7.72. The van der Waals surface area contributed by atoms with Gasteiger partial charge in [0.15, 0.2) is 0 Å². The first-order valence-electron chi connectivity index (χ1n) is 6.64. The van der Waals surface area contributed by atoms with Crippen LogP contribution in [0, 0.1) is 6.42 Å². The molecule has 0 N–H and O–H groups in total. The second-order valence-corrected chi connectivity index (χ2v) is 4.47. The molecular formula is C19H15ClO. The molecule has 21 heavy (non-hydrogen) atoms. The third kappa shape index (κ3) is 3.88. The first kappa shape index (κ1) is 15.2. The van der Waals surface area contributed by atoms with E-state index in [4.69, 9.17) is 4.66 Å². The molecule has 1 nitrogen and oxygen atoms in total. The number of rotatable bonds is 2. The van der Waals surface area contributed by atoms with Gasteiger partial charge in [0, 0.05) is 41.9 Å². The van der Waals surface area contributed by atoms with Gasteiger partial charge in [0.25, 0.3) is 0 Å². The average Bonchev–Trinajstić information content (AvgIpc) is 2.60. The van der Waals surface area contributed by atoms with Crippen molar-refractivity contribution in [2.45, 2.75) is 0 Å². The zero-order valence-corrected chi connectivity index (χ0v) is 12.2. The molecule has 0 unspecified atom stereocenters. The Balaban J connectivity index is 0.000000774. The van der Waals surface area contributed by atoms with Crippen molar-refractivity contribution in [1.82, 2.24) is 0 Å². The number of benzene rings is 2. The van der Waals surface area contributed by atoms with Gasteiger partial charge in [-0.25, -0.2) is 11.9 Å². The molecule has 0 amide bonds. The van der Waals surface area contributed by atoms with Crippen LogP contribution in [0.25, 0.3) is 5.57 Å². The minimum absolute atomic E-state index is 1.25. The average molecular weight is 295 g/mol. The summed E-state index contributed by atoms with van der Waals surface area (Å²) in [7, 11) is 0. The normalized spacial score (nSPS) is 12.2. The Labute approximate surface area is 130 Å². The van der Waals surface area contributed by atoms with Gasteiger partial charge in [-0.3, -0.25) is 0 Å². The standard InChI is InChI=1S/C19H15.ClO/c1-4-10-16(11-5-1)19(17-12-6-2-7-13-17)18-14-8-3-9-15-18;1-2/h1-15H;/q+1;-1. The summed E-state index contributed by atoms with van der Waals surface area (Å²) in [6, 6.07) is 21.1. The van der Waals surface area contributed by atoms with Crippen LogP contribution in [0.3, 0.4) is 0 Å². The highest BCUT2D eigenvalue weighted by atomic mass is 35.5. The Bertz CT molecular complexity index is 598. The molecule has 0 fully saturated rings. The lowest BCUT2D eigenvalue weighted by Crippen LogP contribution is -1.94. The van der Waals surface area contributed by atoms with E-state index in [0.717, 1.165) is 0 Å². The van der Waals surface area contributed by atoms with E-state index in [1.54, 1.807) is 0 Å². The summed E-state index contributed by atoms with van der Waals surface area (Å²) in [5.41, 5.74) is 5.03. The van der Waals surface area contributed by atoms with E-state index >= 15 is 0 Å². The number of hydrogen-bond acceptors (Lipinski definition) is 1. The van der Waals surface area contributed by atoms with Gasteiger partial charge >= 0.3 is 0 Å². The molecule has 3 rings (SSSR count). The Morgan fingerprint density at radius 3 is 1.71 bits per heavy atom. The summed E-state index contributed by atoms with van der Waals surface area (Å²) in [6.45, 7) is 0. The van der Waals surface area contributed by atoms with Crippen molar-refractivity contribution in [3.05, 3.63) is 108 Å². The monoisotopic (exact) mass is 294 g/mol. The molecule has 2 aromatic carbocycles. The van der Waals surface area contributed by atoms with Gasteiger partial charge in [-0.15, -0.1) is 0 Å². The van der Waals surface area contributed by atoms with E-state index in [-0.39, 0.29) is 0 Å². The molecule has 0 aromatic heterocycles. The van der Waals surface area contributed by atoms with Gasteiger partial charge in [0.05, 0.1) is 5.57 Å². The lowest BCUT2D eigenvalue weighted by molar-refractivity contribution is -0.166. The first-order chi connectivity index (χ1) is 10.4. The fourth-order valence-corrected chi connectivity index (χ4v) is 2.31. The van der Waals surface area contributed by atoms with Gasteiger partial charge in [-0.2, -0.15) is 0 Å². The van der Waals surface area contributed by atoms with Crippen molar-refractivity contribution >= 4 is 17.4 Å². The zero-order chi connectivity index (χ0) is 14.9. The lowest BCUT2D eigenvalue weighted by Gasteiger charge is -2.08. The van der Waals surface area contributed by atoms with Crippen molar-refractivity contribution in [1.29, 1.82) is 0 Å². The lowest BCUT2D eigenvalue weighted by atomic mass is 9.90. The van der Waals surface area contributed by atoms with Crippen molar-refractivity contribution in [2.75, 3.05) is 0 Å². The molecule has 2 aromatic rings. The van der Waals surface area contributed by atoms with Crippen LogP contribution in [-0.2, 0) is 0 Å². The molecule has 1 aliphatic rings. The van der Waals surface area contributed by atoms with Crippen LogP contribution >= 0.6 is 11.9 Å². The van der Waals surface area contributed by atoms with Gasteiger partial charge in [-0.05, 0) is 24.3 Å². The predicted molar refractivity (Wildman–Crippen MR) is 87.3 cm³/mol. The van der Waals surface area contributed by atoms with Gasteiger partial charge in [-0.1, -0.05) is 36.4 Å². The van der Waals surface area contributed by atoms with Crippen molar-refractivity contribution in [3.63, 3.8) is 0 Å². The topological polar surface area (TPSA) is 23.1 Å². The van der Waals surface area contributed by atoms with Crippen LogP contribution in [-0.4, -0.2) is 0 Å². The van der Waals surface area contributed by atoms with E-state index in [9.17, 15) is 0 Å². The van der Waals surface area contributed by atoms with Crippen molar-refractivity contribution in [3.8, 4) is 0 Å². The molecule has 2 heteroatoms. The molecule has 0 atom stereocenters. The molecule has 1 aliphatic carbocycles. The molecule has 0 bridgehead atoms. The summed E-state index contributed by atoms with van der Waals surface area (Å²) >= 11 is 3.39. The molecule has 0 spiro atoms. The fraction of sp³-hybridized carbons (Fsp3) is 0. The van der Waals surface area contributed by atoms with Crippen LogP contribution in [0.5, 0.6) is 0 Å². The summed E-state index contributed by atoms with van der Waals surface area (Å²) in [6.07, 6.45) is 10.5. The molecule has 104 valence electrons. The summed E-state index contributed by atoms with van der Waals surface area (Å²) in [4.78, 5) is 0. The highest BCUT2D eigenvalue weighted by Crippen LogP contribution is 2.29. The minimum Gasteiger partial charge on any atom is -0.769 e. The smallest absolute Gasteiger partial charge is 0.105 e. The fourth-order valence-electron chi connectivity index (χ4n) is 2.31. The summed E-state index contributed by atoms with van der Waals surface area (Å²) < 4.78 is 7.72.